The summed E-state index contributed by atoms with van der Waals surface area (Å²) in [6, 6.07) is 5.82. The molecule has 1 aliphatic rings. The molecule has 3 rings (SSSR count). The lowest BCUT2D eigenvalue weighted by Gasteiger charge is -2.31. The van der Waals surface area contributed by atoms with Crippen LogP contribution in [0.4, 0.5) is 4.39 Å². The molecule has 1 atom stereocenters. The molecule has 0 saturated carbocycles. The van der Waals surface area contributed by atoms with Crippen molar-refractivity contribution in [3.63, 3.8) is 0 Å². The zero-order valence-corrected chi connectivity index (χ0v) is 12.2. The number of rotatable bonds is 3. The van der Waals surface area contributed by atoms with Crippen LogP contribution in [0.3, 0.4) is 0 Å². The number of fused-ring (bicyclic) bond motifs is 1. The molecule has 21 heavy (non-hydrogen) atoms. The van der Waals surface area contributed by atoms with Crippen molar-refractivity contribution >= 4 is 6.29 Å². The third-order valence-corrected chi connectivity index (χ3v) is 4.24. The minimum absolute atomic E-state index is 0.286. The smallest absolute Gasteiger partial charge is 0.141 e. The maximum Gasteiger partial charge on any atom is 0.141 e. The number of nitrogens with zero attached hydrogens (tertiary/aromatic N) is 3. The number of aldehydes is 1. The number of halogens is 1. The summed E-state index contributed by atoms with van der Waals surface area (Å²) in [7, 11) is 2.00. The monoisotopic (exact) mass is 287 g/mol. The quantitative estimate of drug-likeness (QED) is 0.812. The first-order valence-electron chi connectivity index (χ1n) is 7.06. The highest BCUT2D eigenvalue weighted by molar-refractivity contribution is 5.61. The van der Waals surface area contributed by atoms with Crippen LogP contribution in [-0.2, 0) is 24.8 Å². The van der Waals surface area contributed by atoms with Crippen LogP contribution >= 0.6 is 0 Å². The maximum absolute atomic E-state index is 13.0. The van der Waals surface area contributed by atoms with Gasteiger partial charge in [0.1, 0.15) is 17.9 Å². The summed E-state index contributed by atoms with van der Waals surface area (Å²) in [6.45, 7) is 3.46. The summed E-state index contributed by atoms with van der Waals surface area (Å²) >= 11 is 0. The molecular formula is C16H18FN3O. The van der Waals surface area contributed by atoms with Crippen molar-refractivity contribution in [1.29, 1.82) is 0 Å². The molecule has 2 heterocycles. The molecule has 0 N–H and O–H groups in total. The minimum atomic E-state index is -0.339. The molecule has 1 unspecified atom stereocenters. The number of imidazole rings is 1. The Morgan fingerprint density at radius 1 is 1.33 bits per heavy atom. The maximum atomic E-state index is 13.0. The molecular weight excluding hydrogens is 269 g/mol. The van der Waals surface area contributed by atoms with Crippen molar-refractivity contribution in [3.05, 3.63) is 52.9 Å². The second-order valence-corrected chi connectivity index (χ2v) is 5.46. The minimum Gasteiger partial charge on any atom is -0.334 e. The van der Waals surface area contributed by atoms with Gasteiger partial charge in [-0.25, -0.2) is 9.37 Å². The lowest BCUT2D eigenvalue weighted by Crippen LogP contribution is -2.35. The highest BCUT2D eigenvalue weighted by Gasteiger charge is 2.27. The largest absolute Gasteiger partial charge is 0.334 e. The molecule has 0 fully saturated rings. The van der Waals surface area contributed by atoms with Crippen molar-refractivity contribution in [2.45, 2.75) is 25.9 Å². The van der Waals surface area contributed by atoms with E-state index < -0.39 is 0 Å². The molecule has 1 aromatic carbocycles. The van der Waals surface area contributed by atoms with Crippen molar-refractivity contribution < 1.29 is 9.18 Å². The summed E-state index contributed by atoms with van der Waals surface area (Å²) in [6.07, 6.45) is 1.77. The van der Waals surface area contributed by atoms with Crippen LogP contribution in [0.2, 0.25) is 0 Å². The topological polar surface area (TPSA) is 38.1 Å². The fourth-order valence-corrected chi connectivity index (χ4v) is 2.92. The van der Waals surface area contributed by atoms with E-state index in [1.165, 1.54) is 12.1 Å². The number of carbonyl (C=O) groups is 1. The third kappa shape index (κ3) is 2.49. The number of carbonyl (C=O) groups excluding carboxylic acids is 1. The summed E-state index contributed by atoms with van der Waals surface area (Å²) in [5.74, 6) is 0.706. The van der Waals surface area contributed by atoms with Crippen LogP contribution in [0.25, 0.3) is 0 Å². The van der Waals surface area contributed by atoms with E-state index in [9.17, 15) is 9.18 Å². The first-order chi connectivity index (χ1) is 10.1. The second kappa shape index (κ2) is 5.41. The molecule has 4 nitrogen and oxygen atoms in total. The summed E-state index contributed by atoms with van der Waals surface area (Å²) < 4.78 is 15.1. The Balaban J connectivity index is 1.88. The van der Waals surface area contributed by atoms with Crippen LogP contribution < -0.4 is 0 Å². The van der Waals surface area contributed by atoms with Crippen molar-refractivity contribution in [2.75, 3.05) is 6.54 Å². The summed E-state index contributed by atoms with van der Waals surface area (Å²) in [4.78, 5) is 18.2. The Morgan fingerprint density at radius 2 is 2.05 bits per heavy atom. The Labute approximate surface area is 123 Å². The molecule has 1 aromatic heterocycles. The zero-order valence-electron chi connectivity index (χ0n) is 12.2. The summed E-state index contributed by atoms with van der Waals surface area (Å²) in [5.41, 5.74) is 3.11. The fourth-order valence-electron chi connectivity index (χ4n) is 2.92. The number of hydrogen-bond donors (Lipinski definition) is 0. The van der Waals surface area contributed by atoms with Crippen LogP contribution in [-0.4, -0.2) is 27.3 Å². The standard InChI is InChI=1S/C16H18FN3O/c1-11-18-14-7-8-20(9-15(14)19(11)2)16(10-21)12-3-5-13(17)6-4-12/h3-6,10,16H,7-9H2,1-2H3. The van der Waals surface area contributed by atoms with E-state index in [1.54, 1.807) is 12.1 Å². The molecule has 0 spiro atoms. The fraction of sp³-hybridized carbons (Fsp3) is 0.375. The van der Waals surface area contributed by atoms with Gasteiger partial charge in [0.2, 0.25) is 0 Å². The average molecular weight is 287 g/mol. The highest BCUT2D eigenvalue weighted by atomic mass is 19.1. The van der Waals surface area contributed by atoms with Gasteiger partial charge in [0.15, 0.2) is 0 Å². The van der Waals surface area contributed by atoms with Gasteiger partial charge in [0, 0.05) is 26.6 Å². The predicted molar refractivity (Wildman–Crippen MR) is 77.3 cm³/mol. The first-order valence-corrected chi connectivity index (χ1v) is 7.06. The Bertz CT molecular complexity index is 663. The van der Waals surface area contributed by atoms with Crippen LogP contribution in [0.1, 0.15) is 28.8 Å². The number of aryl methyl sites for hydroxylation is 1. The van der Waals surface area contributed by atoms with Gasteiger partial charge >= 0.3 is 0 Å². The average Bonchev–Trinajstić information content (AvgIpc) is 2.77. The van der Waals surface area contributed by atoms with Gasteiger partial charge in [-0.1, -0.05) is 12.1 Å². The van der Waals surface area contributed by atoms with E-state index in [1.807, 2.05) is 14.0 Å². The van der Waals surface area contributed by atoms with E-state index >= 15 is 0 Å². The highest BCUT2D eigenvalue weighted by Crippen LogP contribution is 2.27. The zero-order chi connectivity index (χ0) is 15.0. The molecule has 110 valence electrons. The van der Waals surface area contributed by atoms with Gasteiger partial charge in [-0.3, -0.25) is 4.90 Å². The van der Waals surface area contributed by atoms with Crippen molar-refractivity contribution in [3.8, 4) is 0 Å². The number of hydrogen-bond acceptors (Lipinski definition) is 3. The Hall–Kier alpha value is -2.01. The van der Waals surface area contributed by atoms with Crippen molar-refractivity contribution in [2.24, 2.45) is 7.05 Å². The SMILES string of the molecule is Cc1nc2c(n1C)CN(C(C=O)c1ccc(F)cc1)CC2. The predicted octanol–water partition coefficient (Wildman–Crippen LogP) is 2.17. The molecule has 0 saturated heterocycles. The van der Waals surface area contributed by atoms with E-state index in [0.29, 0.717) is 6.54 Å². The lowest BCUT2D eigenvalue weighted by molar-refractivity contribution is -0.113. The van der Waals surface area contributed by atoms with Crippen LogP contribution in [0, 0.1) is 12.7 Å². The first kappa shape index (κ1) is 13.9. The van der Waals surface area contributed by atoms with E-state index in [4.69, 9.17) is 0 Å². The number of benzene rings is 1. The van der Waals surface area contributed by atoms with Gasteiger partial charge in [0.25, 0.3) is 0 Å². The van der Waals surface area contributed by atoms with E-state index in [0.717, 1.165) is 42.0 Å². The van der Waals surface area contributed by atoms with Crippen LogP contribution in [0.15, 0.2) is 24.3 Å². The van der Waals surface area contributed by atoms with E-state index in [2.05, 4.69) is 14.5 Å². The van der Waals surface area contributed by atoms with Gasteiger partial charge in [0.05, 0.1) is 17.4 Å². The lowest BCUT2D eigenvalue weighted by atomic mass is 10.0. The van der Waals surface area contributed by atoms with Crippen molar-refractivity contribution in [1.82, 2.24) is 14.5 Å². The number of aromatic nitrogens is 2. The normalized spacial score (nSPS) is 16.5. The summed E-state index contributed by atoms with van der Waals surface area (Å²) in [5, 5.41) is 0. The molecule has 5 heteroatoms. The van der Waals surface area contributed by atoms with Gasteiger partial charge in [-0.15, -0.1) is 0 Å². The molecule has 2 aromatic rings. The molecule has 0 radical (unpaired) electrons. The molecule has 0 aliphatic carbocycles. The molecule has 1 aliphatic heterocycles. The van der Waals surface area contributed by atoms with Gasteiger partial charge in [-0.05, 0) is 24.6 Å². The molecule has 0 bridgehead atoms. The van der Waals surface area contributed by atoms with E-state index in [-0.39, 0.29) is 11.9 Å². The second-order valence-electron chi connectivity index (χ2n) is 5.46. The Kier molecular flexibility index (Phi) is 3.59. The van der Waals surface area contributed by atoms with Gasteiger partial charge in [-0.2, -0.15) is 0 Å². The molecule has 0 amide bonds. The van der Waals surface area contributed by atoms with Crippen LogP contribution in [0.5, 0.6) is 0 Å². The third-order valence-electron chi connectivity index (χ3n) is 4.24. The van der Waals surface area contributed by atoms with Gasteiger partial charge < -0.3 is 9.36 Å². The Morgan fingerprint density at radius 3 is 2.71 bits per heavy atom.